The Labute approximate surface area is 71.0 Å². The Hall–Kier alpha value is -1.50. The average molecular weight is 166 g/mol. The van der Waals surface area contributed by atoms with Gasteiger partial charge in [-0.25, -0.2) is 4.79 Å². The monoisotopic (exact) mass is 166 g/mol. The van der Waals surface area contributed by atoms with Crippen LogP contribution in [0.25, 0.3) is 0 Å². The summed E-state index contributed by atoms with van der Waals surface area (Å²) in [5.41, 5.74) is 0.738. The van der Waals surface area contributed by atoms with Gasteiger partial charge in [-0.3, -0.25) is 4.90 Å². The lowest BCUT2D eigenvalue weighted by Crippen LogP contribution is -2.33. The van der Waals surface area contributed by atoms with Gasteiger partial charge < -0.3 is 4.74 Å². The van der Waals surface area contributed by atoms with Gasteiger partial charge in [-0.2, -0.15) is 0 Å². The highest BCUT2D eigenvalue weighted by Crippen LogP contribution is 2.18. The van der Waals surface area contributed by atoms with Gasteiger partial charge in [-0.1, -0.05) is 6.58 Å². The summed E-state index contributed by atoms with van der Waals surface area (Å²) >= 11 is 0. The molecule has 12 heavy (non-hydrogen) atoms. The van der Waals surface area contributed by atoms with Crippen LogP contribution in [-0.2, 0) is 4.74 Å². The molecule has 0 spiro atoms. The Morgan fingerprint density at radius 2 is 2.42 bits per heavy atom. The van der Waals surface area contributed by atoms with E-state index in [-0.39, 0.29) is 0 Å². The molecule has 0 bridgehead atoms. The summed E-state index contributed by atoms with van der Waals surface area (Å²) in [6.07, 6.45) is 3.54. The normalized spacial score (nSPS) is 16.9. The van der Waals surface area contributed by atoms with Crippen molar-refractivity contribution in [3.05, 3.63) is 12.3 Å². The van der Waals surface area contributed by atoms with E-state index < -0.39 is 6.09 Å². The minimum absolute atomic E-state index is 0.609. The third-order valence-corrected chi connectivity index (χ3v) is 1.83. The molecule has 1 rings (SSSR count). The van der Waals surface area contributed by atoms with Crippen LogP contribution in [0.4, 0.5) is 4.79 Å². The first-order valence-corrected chi connectivity index (χ1v) is 3.81. The van der Waals surface area contributed by atoms with E-state index in [9.17, 15) is 4.79 Å². The number of carbonyl (C=O) groups is 1. The predicted octanol–water partition coefficient (Wildman–Crippen LogP) is 1.60. The van der Waals surface area contributed by atoms with Gasteiger partial charge in [-0.05, 0) is 19.3 Å². The van der Waals surface area contributed by atoms with Gasteiger partial charge in [0.15, 0.2) is 0 Å². The van der Waals surface area contributed by atoms with E-state index in [0.29, 0.717) is 6.54 Å². The fraction of sp³-hybridized carbons (Fsp3) is 0.500. The molecule has 1 aliphatic rings. The lowest BCUT2D eigenvalue weighted by atomic mass is 10.1. The van der Waals surface area contributed by atoms with Crippen molar-refractivity contribution in [1.29, 1.82) is 5.26 Å². The van der Waals surface area contributed by atoms with Gasteiger partial charge in [-0.15, -0.1) is 5.26 Å². The maximum absolute atomic E-state index is 11.0. The van der Waals surface area contributed by atoms with Crippen LogP contribution in [0, 0.1) is 11.5 Å². The molecule has 1 fully saturated rings. The van der Waals surface area contributed by atoms with E-state index in [0.717, 1.165) is 25.0 Å². The molecule has 1 saturated heterocycles. The second-order valence-electron chi connectivity index (χ2n) is 2.63. The zero-order valence-corrected chi connectivity index (χ0v) is 6.75. The number of nitrogens with zero attached hydrogens (tertiary/aromatic N) is 2. The highest BCUT2D eigenvalue weighted by atomic mass is 16.5. The number of hydrogen-bond donors (Lipinski definition) is 0. The second kappa shape index (κ2) is 3.77. The van der Waals surface area contributed by atoms with Crippen LogP contribution in [0.1, 0.15) is 19.3 Å². The van der Waals surface area contributed by atoms with E-state index in [1.807, 2.05) is 0 Å². The highest BCUT2D eigenvalue weighted by Gasteiger charge is 2.20. The molecule has 0 aromatic rings. The number of hydrogen-bond acceptors (Lipinski definition) is 3. The molecule has 0 radical (unpaired) electrons. The molecule has 4 heteroatoms. The van der Waals surface area contributed by atoms with Crippen LogP contribution >= 0.6 is 0 Å². The fourth-order valence-corrected chi connectivity index (χ4v) is 1.21. The van der Waals surface area contributed by atoms with Crippen LogP contribution in [-0.4, -0.2) is 17.5 Å². The molecule has 0 unspecified atom stereocenters. The predicted molar refractivity (Wildman–Crippen MR) is 41.8 cm³/mol. The van der Waals surface area contributed by atoms with Gasteiger partial charge in [0, 0.05) is 12.2 Å². The van der Waals surface area contributed by atoms with Crippen molar-refractivity contribution in [3.63, 3.8) is 0 Å². The third-order valence-electron chi connectivity index (χ3n) is 1.83. The van der Waals surface area contributed by atoms with Crippen molar-refractivity contribution in [3.8, 4) is 6.26 Å². The number of carbonyl (C=O) groups excluding carboxylic acids is 1. The standard InChI is InChI=1S/C8H10N2O2/c1-7-4-2-3-5-10(7)8(11)12-6-9/h1-5H2. The minimum Gasteiger partial charge on any atom is -0.333 e. The average Bonchev–Trinajstić information content (AvgIpc) is 2.05. The summed E-state index contributed by atoms with van der Waals surface area (Å²) in [5.74, 6) is 0. The summed E-state index contributed by atoms with van der Waals surface area (Å²) in [7, 11) is 0. The van der Waals surface area contributed by atoms with Gasteiger partial charge in [0.2, 0.25) is 0 Å². The van der Waals surface area contributed by atoms with Crippen molar-refractivity contribution in [2.75, 3.05) is 6.54 Å². The molecule has 1 aliphatic heterocycles. The number of piperidine rings is 1. The number of allylic oxidation sites excluding steroid dienone is 1. The Morgan fingerprint density at radius 1 is 1.67 bits per heavy atom. The highest BCUT2D eigenvalue weighted by molar-refractivity contribution is 5.70. The summed E-state index contributed by atoms with van der Waals surface area (Å²) in [5, 5.41) is 8.10. The van der Waals surface area contributed by atoms with E-state index in [2.05, 4.69) is 11.3 Å². The van der Waals surface area contributed by atoms with Crippen LogP contribution in [0.5, 0.6) is 0 Å². The molecule has 0 aromatic carbocycles. The SMILES string of the molecule is C=C1CCCCN1C(=O)OC#N. The Morgan fingerprint density at radius 3 is 3.00 bits per heavy atom. The molecule has 0 aromatic heterocycles. The van der Waals surface area contributed by atoms with Crippen LogP contribution in [0.15, 0.2) is 12.3 Å². The number of rotatable bonds is 0. The van der Waals surface area contributed by atoms with Crippen molar-refractivity contribution in [2.24, 2.45) is 0 Å². The Bertz CT molecular complexity index is 242. The lowest BCUT2D eigenvalue weighted by molar-refractivity contribution is 0.148. The van der Waals surface area contributed by atoms with Gasteiger partial charge in [0.05, 0.1) is 0 Å². The zero-order chi connectivity index (χ0) is 8.97. The maximum Gasteiger partial charge on any atom is 0.429 e. The largest absolute Gasteiger partial charge is 0.429 e. The number of amides is 1. The number of likely N-dealkylation sites (tertiary alicyclic amines) is 1. The zero-order valence-electron chi connectivity index (χ0n) is 6.75. The maximum atomic E-state index is 11.0. The Balaban J connectivity index is 2.55. The third kappa shape index (κ3) is 1.76. The summed E-state index contributed by atoms with van der Waals surface area (Å²) in [6.45, 7) is 4.33. The van der Waals surface area contributed by atoms with Crippen molar-refractivity contribution in [1.82, 2.24) is 4.90 Å². The molecular weight excluding hydrogens is 156 g/mol. The summed E-state index contributed by atoms with van der Waals surface area (Å²) in [4.78, 5) is 12.4. The molecular formula is C8H10N2O2. The van der Waals surface area contributed by atoms with Crippen LogP contribution < -0.4 is 0 Å². The quantitative estimate of drug-likeness (QED) is 0.513. The van der Waals surface area contributed by atoms with Crippen molar-refractivity contribution < 1.29 is 9.53 Å². The summed E-state index contributed by atoms with van der Waals surface area (Å²) < 4.78 is 4.18. The molecule has 1 amide bonds. The smallest absolute Gasteiger partial charge is 0.333 e. The molecule has 0 atom stereocenters. The fourth-order valence-electron chi connectivity index (χ4n) is 1.21. The molecule has 0 aliphatic carbocycles. The molecule has 64 valence electrons. The Kier molecular flexibility index (Phi) is 2.70. The molecule has 0 saturated carbocycles. The lowest BCUT2D eigenvalue weighted by Gasteiger charge is -2.26. The summed E-state index contributed by atoms with van der Waals surface area (Å²) in [6, 6.07) is 0. The number of nitriles is 1. The van der Waals surface area contributed by atoms with E-state index in [4.69, 9.17) is 5.26 Å². The molecule has 1 heterocycles. The van der Waals surface area contributed by atoms with E-state index in [1.165, 1.54) is 11.2 Å². The van der Waals surface area contributed by atoms with Gasteiger partial charge >= 0.3 is 6.09 Å². The molecule has 4 nitrogen and oxygen atoms in total. The van der Waals surface area contributed by atoms with E-state index in [1.54, 1.807) is 0 Å². The molecule has 0 N–H and O–H groups in total. The first-order valence-electron chi connectivity index (χ1n) is 3.81. The topological polar surface area (TPSA) is 53.3 Å². The van der Waals surface area contributed by atoms with Crippen LogP contribution in [0.2, 0.25) is 0 Å². The minimum atomic E-state index is -0.609. The first-order chi connectivity index (χ1) is 5.75. The van der Waals surface area contributed by atoms with Gasteiger partial charge in [0.1, 0.15) is 0 Å². The van der Waals surface area contributed by atoms with E-state index >= 15 is 0 Å². The van der Waals surface area contributed by atoms with Crippen molar-refractivity contribution in [2.45, 2.75) is 19.3 Å². The van der Waals surface area contributed by atoms with Gasteiger partial charge in [0.25, 0.3) is 6.26 Å². The van der Waals surface area contributed by atoms with Crippen LogP contribution in [0.3, 0.4) is 0 Å². The second-order valence-corrected chi connectivity index (χ2v) is 2.63. The first kappa shape index (κ1) is 8.60. The number of ether oxygens (including phenoxy) is 1. The van der Waals surface area contributed by atoms with Crippen molar-refractivity contribution >= 4 is 6.09 Å².